The third-order valence-corrected chi connectivity index (χ3v) is 7.75. The third kappa shape index (κ3) is 4.26. The molecule has 1 aliphatic heterocycles. The third-order valence-electron chi connectivity index (χ3n) is 6.59. The largest absolute Gasteiger partial charge is 0.436 e. The number of carbonyl (C=O) groups excluding carboxylic acids is 1. The van der Waals surface area contributed by atoms with Crippen molar-refractivity contribution in [2.45, 2.75) is 20.3 Å². The number of nitrogens with two attached hydrogens (primary N) is 1. The topological polar surface area (TPSA) is 102 Å². The first-order valence-electron chi connectivity index (χ1n) is 12.2. The Kier molecular flexibility index (Phi) is 6.03. The van der Waals surface area contributed by atoms with Crippen LogP contribution < -0.4 is 14.8 Å². The van der Waals surface area contributed by atoms with Gasteiger partial charge in [-0.25, -0.2) is 14.1 Å². The van der Waals surface area contributed by atoms with Crippen molar-refractivity contribution >= 4 is 40.1 Å². The van der Waals surface area contributed by atoms with Gasteiger partial charge in [0.05, 0.1) is 35.0 Å². The second-order valence-corrected chi connectivity index (χ2v) is 10.3. The summed E-state index contributed by atoms with van der Waals surface area (Å²) in [6, 6.07) is 13.8. The van der Waals surface area contributed by atoms with Gasteiger partial charge in [-0.05, 0) is 73.7 Å². The molecule has 3 N–H and O–H groups in total. The molecule has 2 aromatic carbocycles. The highest BCUT2D eigenvalue weighted by atomic mass is 32.2. The van der Waals surface area contributed by atoms with Crippen LogP contribution in [0.2, 0.25) is 0 Å². The first-order chi connectivity index (χ1) is 18.4. The van der Waals surface area contributed by atoms with Crippen LogP contribution in [0.15, 0.2) is 60.9 Å². The SMILES string of the molecule is Cc1cc2cc(C(=O)c3cnn(-c4cnc(Oc5ccccc5F)cc4C)c3N)[nH]c2cc1N1CCCS1. The Labute approximate surface area is 222 Å². The first-order valence-corrected chi connectivity index (χ1v) is 13.1. The molecule has 0 saturated carbocycles. The van der Waals surface area contributed by atoms with Crippen LogP contribution in [-0.2, 0) is 0 Å². The van der Waals surface area contributed by atoms with Crippen LogP contribution in [0.5, 0.6) is 11.6 Å². The van der Waals surface area contributed by atoms with Gasteiger partial charge in [0.15, 0.2) is 11.6 Å². The molecule has 0 radical (unpaired) electrons. The van der Waals surface area contributed by atoms with Gasteiger partial charge in [0, 0.05) is 29.3 Å². The first kappa shape index (κ1) is 24.1. The molecule has 1 aliphatic rings. The van der Waals surface area contributed by atoms with Crippen molar-refractivity contribution in [3.05, 3.63) is 89.1 Å². The van der Waals surface area contributed by atoms with Crippen LogP contribution in [0.1, 0.15) is 33.6 Å². The zero-order valence-corrected chi connectivity index (χ0v) is 21.7. The molecule has 4 heterocycles. The van der Waals surface area contributed by atoms with Crippen LogP contribution in [0.25, 0.3) is 16.6 Å². The molecule has 8 nitrogen and oxygen atoms in total. The Morgan fingerprint density at radius 1 is 1.11 bits per heavy atom. The predicted octanol–water partition coefficient (Wildman–Crippen LogP) is 5.97. The second-order valence-electron chi connectivity index (χ2n) is 9.22. The fourth-order valence-corrected chi connectivity index (χ4v) is 5.69. The van der Waals surface area contributed by atoms with Gasteiger partial charge in [0.1, 0.15) is 5.82 Å². The Balaban J connectivity index is 1.28. The van der Waals surface area contributed by atoms with E-state index in [4.69, 9.17) is 10.5 Å². The van der Waals surface area contributed by atoms with Crippen LogP contribution in [0.3, 0.4) is 0 Å². The lowest BCUT2D eigenvalue weighted by Gasteiger charge is -2.18. The van der Waals surface area contributed by atoms with Crippen molar-refractivity contribution < 1.29 is 13.9 Å². The van der Waals surface area contributed by atoms with Gasteiger partial charge in [0.25, 0.3) is 0 Å². The van der Waals surface area contributed by atoms with Gasteiger partial charge >= 0.3 is 0 Å². The lowest BCUT2D eigenvalue weighted by atomic mass is 10.1. The number of hydrogen-bond acceptors (Lipinski definition) is 7. The van der Waals surface area contributed by atoms with Gasteiger partial charge in [0.2, 0.25) is 11.7 Å². The molecule has 38 heavy (non-hydrogen) atoms. The molecule has 0 aliphatic carbocycles. The number of para-hydroxylation sites is 1. The number of benzene rings is 2. The van der Waals surface area contributed by atoms with E-state index in [-0.39, 0.29) is 28.8 Å². The number of nitrogens with one attached hydrogen (secondary N) is 1. The Hall–Kier alpha value is -4.31. The van der Waals surface area contributed by atoms with Gasteiger partial charge in [-0.3, -0.25) is 4.79 Å². The number of pyridine rings is 1. The van der Waals surface area contributed by atoms with E-state index in [2.05, 4.69) is 38.4 Å². The number of anilines is 2. The number of halogens is 1. The maximum absolute atomic E-state index is 13.9. The highest BCUT2D eigenvalue weighted by Gasteiger charge is 2.22. The Bertz CT molecular complexity index is 1690. The number of fused-ring (bicyclic) bond motifs is 1. The summed E-state index contributed by atoms with van der Waals surface area (Å²) < 4.78 is 23.3. The highest BCUT2D eigenvalue weighted by Crippen LogP contribution is 2.34. The van der Waals surface area contributed by atoms with Crippen molar-refractivity contribution in [1.82, 2.24) is 19.7 Å². The summed E-state index contributed by atoms with van der Waals surface area (Å²) in [4.78, 5) is 21.0. The maximum Gasteiger partial charge on any atom is 0.219 e. The molecule has 10 heteroatoms. The fourth-order valence-electron chi connectivity index (χ4n) is 4.62. The van der Waals surface area contributed by atoms with Crippen molar-refractivity contribution in [2.75, 3.05) is 22.3 Å². The van der Waals surface area contributed by atoms with Gasteiger partial charge in [-0.2, -0.15) is 5.10 Å². The standard InChI is InChI=1S/C28H25FN6O2S/c1-16-10-18-12-22(33-21(18)13-23(16)34-8-5-9-38-34)27(36)19-14-32-35(28(19)30)24-15-31-26(11-17(24)2)37-25-7-4-3-6-20(25)29/h3-4,6-7,10-15,33H,5,8-9,30H2,1-2H3. The van der Waals surface area contributed by atoms with Crippen molar-refractivity contribution in [1.29, 1.82) is 0 Å². The van der Waals surface area contributed by atoms with E-state index in [1.165, 1.54) is 40.5 Å². The summed E-state index contributed by atoms with van der Waals surface area (Å²) in [5.74, 6) is 0.910. The van der Waals surface area contributed by atoms with E-state index in [1.807, 2.05) is 24.9 Å². The number of H-pyrrole nitrogens is 1. The Morgan fingerprint density at radius 3 is 2.68 bits per heavy atom. The molecule has 6 rings (SSSR count). The van der Waals surface area contributed by atoms with Gasteiger partial charge < -0.3 is 19.8 Å². The van der Waals surface area contributed by atoms with Crippen LogP contribution in [0, 0.1) is 19.7 Å². The van der Waals surface area contributed by atoms with E-state index in [0.29, 0.717) is 11.4 Å². The van der Waals surface area contributed by atoms with Crippen LogP contribution in [-0.4, -0.2) is 37.8 Å². The van der Waals surface area contributed by atoms with Crippen LogP contribution >= 0.6 is 11.9 Å². The number of aromatic nitrogens is 4. The van der Waals surface area contributed by atoms with E-state index in [1.54, 1.807) is 18.2 Å². The lowest BCUT2D eigenvalue weighted by Crippen LogP contribution is -2.10. The normalized spacial score (nSPS) is 13.4. The number of nitrogens with zero attached hydrogens (tertiary/aromatic N) is 4. The van der Waals surface area contributed by atoms with Crippen LogP contribution in [0.4, 0.5) is 15.9 Å². The summed E-state index contributed by atoms with van der Waals surface area (Å²) >= 11 is 1.83. The van der Waals surface area contributed by atoms with E-state index >= 15 is 0 Å². The molecule has 192 valence electrons. The molecule has 0 unspecified atom stereocenters. The molecule has 0 bridgehead atoms. The number of ketones is 1. The molecule has 0 spiro atoms. The van der Waals surface area contributed by atoms with Crippen molar-refractivity contribution in [3.63, 3.8) is 0 Å². The number of nitrogen functional groups attached to an aromatic ring is 1. The molecule has 0 atom stereocenters. The number of ether oxygens (including phenoxy) is 1. The zero-order chi connectivity index (χ0) is 26.4. The molecule has 1 fully saturated rings. The number of aromatic amines is 1. The molecular weight excluding hydrogens is 503 g/mol. The maximum atomic E-state index is 13.9. The minimum atomic E-state index is -0.478. The second kappa shape index (κ2) is 9.53. The molecule has 3 aromatic heterocycles. The minimum Gasteiger partial charge on any atom is -0.436 e. The highest BCUT2D eigenvalue weighted by molar-refractivity contribution is 8.00. The number of aryl methyl sites for hydroxylation is 2. The molecule has 1 saturated heterocycles. The Morgan fingerprint density at radius 2 is 1.92 bits per heavy atom. The van der Waals surface area contributed by atoms with Gasteiger partial charge in [-0.1, -0.05) is 12.1 Å². The molecular formula is C28H25FN6O2S. The number of carbonyl (C=O) groups is 1. The summed E-state index contributed by atoms with van der Waals surface area (Å²) in [6.07, 6.45) is 4.16. The predicted molar refractivity (Wildman–Crippen MR) is 148 cm³/mol. The molecule has 5 aromatic rings. The zero-order valence-electron chi connectivity index (χ0n) is 20.9. The summed E-state index contributed by atoms with van der Waals surface area (Å²) in [5, 5.41) is 5.33. The monoisotopic (exact) mass is 528 g/mol. The quantitative estimate of drug-likeness (QED) is 0.207. The van der Waals surface area contributed by atoms with Crippen molar-refractivity contribution in [3.8, 4) is 17.3 Å². The average molecular weight is 529 g/mol. The smallest absolute Gasteiger partial charge is 0.219 e. The van der Waals surface area contributed by atoms with E-state index < -0.39 is 5.82 Å². The lowest BCUT2D eigenvalue weighted by molar-refractivity contribution is 0.103. The van der Waals surface area contributed by atoms with E-state index in [0.717, 1.165) is 35.2 Å². The summed E-state index contributed by atoms with van der Waals surface area (Å²) in [7, 11) is 0. The fraction of sp³-hybridized carbons (Fsp3) is 0.179. The van der Waals surface area contributed by atoms with Crippen molar-refractivity contribution in [2.24, 2.45) is 0 Å². The van der Waals surface area contributed by atoms with E-state index in [9.17, 15) is 9.18 Å². The summed E-state index contributed by atoms with van der Waals surface area (Å²) in [6.45, 7) is 4.95. The summed E-state index contributed by atoms with van der Waals surface area (Å²) in [5.41, 5.74) is 11.7. The number of rotatable bonds is 6. The number of hydrogen-bond donors (Lipinski definition) is 2. The minimum absolute atomic E-state index is 0.0819. The molecule has 0 amide bonds. The van der Waals surface area contributed by atoms with Gasteiger partial charge in [-0.15, -0.1) is 0 Å². The average Bonchev–Trinajstić information content (AvgIpc) is 3.65.